The number of nitrogens with one attached hydrogen (secondary N) is 1. The van der Waals surface area contributed by atoms with E-state index in [2.05, 4.69) is 14.9 Å². The Kier molecular flexibility index (Phi) is 4.74. The minimum atomic E-state index is -0.155. The maximum atomic E-state index is 11.8. The molecular weight excluding hydrogens is 305 g/mol. The Morgan fingerprint density at radius 1 is 1.42 bits per heavy atom. The molecule has 100 valence electrons. The fourth-order valence-electron chi connectivity index (χ4n) is 1.56. The first kappa shape index (κ1) is 14.2. The molecule has 1 heterocycles. The summed E-state index contributed by atoms with van der Waals surface area (Å²) in [6.45, 7) is 2.26. The Hall–Kier alpha value is -1.17. The molecule has 2 rings (SSSR count). The number of aromatic nitrogens is 2. The number of benzene rings is 1. The van der Waals surface area contributed by atoms with Gasteiger partial charge in [0.05, 0.1) is 5.69 Å². The molecule has 0 unspecified atom stereocenters. The number of nitrogens with zero attached hydrogens (tertiary/aromatic N) is 2. The highest BCUT2D eigenvalue weighted by Gasteiger charge is 2.12. The van der Waals surface area contributed by atoms with Crippen molar-refractivity contribution in [3.63, 3.8) is 0 Å². The van der Waals surface area contributed by atoms with Gasteiger partial charge in [0, 0.05) is 16.6 Å². The first-order valence-electron chi connectivity index (χ1n) is 5.59. The highest BCUT2D eigenvalue weighted by Crippen LogP contribution is 2.21. The first-order valence-corrected chi connectivity index (χ1v) is 7.12. The molecule has 0 saturated carbocycles. The monoisotopic (exact) mass is 315 g/mol. The maximum absolute atomic E-state index is 11.8. The van der Waals surface area contributed by atoms with Gasteiger partial charge >= 0.3 is 0 Å². The topological polar surface area (TPSA) is 54.9 Å². The van der Waals surface area contributed by atoms with Gasteiger partial charge in [0.1, 0.15) is 4.88 Å². The van der Waals surface area contributed by atoms with Crippen LogP contribution in [0.1, 0.15) is 20.9 Å². The number of rotatable bonds is 4. The molecule has 0 bridgehead atoms. The number of carbonyl (C=O) groups excluding carboxylic acids is 1. The van der Waals surface area contributed by atoms with Crippen molar-refractivity contribution < 1.29 is 4.79 Å². The van der Waals surface area contributed by atoms with Crippen LogP contribution in [0.5, 0.6) is 0 Å². The fourth-order valence-corrected chi connectivity index (χ4v) is 2.63. The molecule has 1 N–H and O–H groups in total. The van der Waals surface area contributed by atoms with E-state index in [1.807, 2.05) is 6.07 Å². The molecule has 1 aromatic carbocycles. The van der Waals surface area contributed by atoms with Gasteiger partial charge in [-0.3, -0.25) is 4.79 Å². The molecule has 0 fully saturated rings. The van der Waals surface area contributed by atoms with E-state index in [4.69, 9.17) is 23.2 Å². The maximum Gasteiger partial charge on any atom is 0.264 e. The largest absolute Gasteiger partial charge is 0.351 e. The van der Waals surface area contributed by atoms with Crippen LogP contribution in [0.25, 0.3) is 0 Å². The van der Waals surface area contributed by atoms with Gasteiger partial charge in [-0.1, -0.05) is 33.8 Å². The van der Waals surface area contributed by atoms with Crippen molar-refractivity contribution in [1.82, 2.24) is 14.9 Å². The Bertz CT molecular complexity index is 600. The minimum Gasteiger partial charge on any atom is -0.351 e. The van der Waals surface area contributed by atoms with Crippen LogP contribution < -0.4 is 5.32 Å². The third-order valence-corrected chi connectivity index (χ3v) is 3.97. The highest BCUT2D eigenvalue weighted by molar-refractivity contribution is 7.07. The third-order valence-electron chi connectivity index (χ3n) is 2.55. The van der Waals surface area contributed by atoms with Crippen molar-refractivity contribution in [3.05, 3.63) is 44.4 Å². The van der Waals surface area contributed by atoms with Crippen LogP contribution in [0.4, 0.5) is 0 Å². The summed E-state index contributed by atoms with van der Waals surface area (Å²) in [6.07, 6.45) is 0.646. The van der Waals surface area contributed by atoms with Gasteiger partial charge < -0.3 is 5.32 Å². The smallest absolute Gasteiger partial charge is 0.264 e. The van der Waals surface area contributed by atoms with E-state index < -0.39 is 0 Å². The molecule has 0 aliphatic rings. The van der Waals surface area contributed by atoms with Gasteiger partial charge in [-0.2, -0.15) is 0 Å². The molecule has 0 radical (unpaired) electrons. The molecule has 1 aromatic heterocycles. The molecule has 7 heteroatoms. The quantitative estimate of drug-likeness (QED) is 0.943. The van der Waals surface area contributed by atoms with E-state index in [0.29, 0.717) is 33.6 Å². The number of amides is 1. The summed E-state index contributed by atoms with van der Waals surface area (Å²) in [7, 11) is 0. The van der Waals surface area contributed by atoms with Gasteiger partial charge in [-0.15, -0.1) is 5.10 Å². The lowest BCUT2D eigenvalue weighted by Gasteiger charge is -2.06. The zero-order valence-corrected chi connectivity index (χ0v) is 12.4. The second kappa shape index (κ2) is 6.32. The number of hydrogen-bond donors (Lipinski definition) is 1. The van der Waals surface area contributed by atoms with Crippen molar-refractivity contribution in [1.29, 1.82) is 0 Å². The average molecular weight is 316 g/mol. The summed E-state index contributed by atoms with van der Waals surface area (Å²) in [6, 6.07) is 5.33. The highest BCUT2D eigenvalue weighted by atomic mass is 35.5. The lowest BCUT2D eigenvalue weighted by molar-refractivity contribution is 0.0957. The Labute approximate surface area is 124 Å². The van der Waals surface area contributed by atoms with E-state index in [1.165, 1.54) is 0 Å². The Morgan fingerprint density at radius 3 is 2.84 bits per heavy atom. The second-order valence-corrected chi connectivity index (χ2v) is 5.53. The van der Waals surface area contributed by atoms with Crippen molar-refractivity contribution in [2.45, 2.75) is 13.3 Å². The van der Waals surface area contributed by atoms with E-state index in [9.17, 15) is 4.79 Å². The van der Waals surface area contributed by atoms with Crippen LogP contribution in [-0.2, 0) is 6.42 Å². The molecule has 0 atom stereocenters. The molecule has 4 nitrogen and oxygen atoms in total. The van der Waals surface area contributed by atoms with Crippen LogP contribution in [0.2, 0.25) is 10.0 Å². The lowest BCUT2D eigenvalue weighted by atomic mass is 10.1. The van der Waals surface area contributed by atoms with Gasteiger partial charge in [-0.25, -0.2) is 0 Å². The van der Waals surface area contributed by atoms with Crippen molar-refractivity contribution in [3.8, 4) is 0 Å². The van der Waals surface area contributed by atoms with Crippen LogP contribution in [0.15, 0.2) is 18.2 Å². The van der Waals surface area contributed by atoms with Gasteiger partial charge in [0.2, 0.25) is 0 Å². The zero-order chi connectivity index (χ0) is 13.8. The van der Waals surface area contributed by atoms with E-state index >= 15 is 0 Å². The normalized spacial score (nSPS) is 10.5. The third kappa shape index (κ3) is 3.65. The van der Waals surface area contributed by atoms with E-state index in [1.54, 1.807) is 19.1 Å². The van der Waals surface area contributed by atoms with Gasteiger partial charge in [0.15, 0.2) is 0 Å². The summed E-state index contributed by atoms with van der Waals surface area (Å²) in [5, 5.41) is 7.83. The molecule has 0 aliphatic heterocycles. The SMILES string of the molecule is Cc1nnsc1C(=O)NCCc1ccc(Cl)cc1Cl. The van der Waals surface area contributed by atoms with Gasteiger partial charge in [0.25, 0.3) is 5.91 Å². The summed E-state index contributed by atoms with van der Waals surface area (Å²) in [4.78, 5) is 12.4. The van der Waals surface area contributed by atoms with Gasteiger partial charge in [-0.05, 0) is 42.6 Å². The average Bonchev–Trinajstić information content (AvgIpc) is 2.78. The van der Waals surface area contributed by atoms with Crippen LogP contribution in [0.3, 0.4) is 0 Å². The fraction of sp³-hybridized carbons (Fsp3) is 0.250. The number of hydrogen-bond acceptors (Lipinski definition) is 4. The molecule has 2 aromatic rings. The summed E-state index contributed by atoms with van der Waals surface area (Å²) < 4.78 is 3.73. The standard InChI is InChI=1S/C12H11Cl2N3OS/c1-7-11(19-17-16-7)12(18)15-5-4-8-2-3-9(13)6-10(8)14/h2-3,6H,4-5H2,1H3,(H,15,18). The number of halogens is 2. The molecule has 0 spiro atoms. The van der Waals surface area contributed by atoms with Crippen LogP contribution in [-0.4, -0.2) is 22.0 Å². The molecule has 1 amide bonds. The van der Waals surface area contributed by atoms with E-state index in [-0.39, 0.29) is 5.91 Å². The number of carbonyl (C=O) groups is 1. The minimum absolute atomic E-state index is 0.155. The van der Waals surface area contributed by atoms with E-state index in [0.717, 1.165) is 17.1 Å². The summed E-state index contributed by atoms with van der Waals surface area (Å²) >= 11 is 13.0. The Morgan fingerprint density at radius 2 is 2.21 bits per heavy atom. The molecule has 0 aliphatic carbocycles. The van der Waals surface area contributed by atoms with Crippen LogP contribution >= 0.6 is 34.7 Å². The van der Waals surface area contributed by atoms with Crippen molar-refractivity contribution >= 4 is 40.6 Å². The van der Waals surface area contributed by atoms with Crippen molar-refractivity contribution in [2.75, 3.05) is 6.54 Å². The van der Waals surface area contributed by atoms with Crippen LogP contribution in [0, 0.1) is 6.92 Å². The predicted octanol–water partition coefficient (Wildman–Crippen LogP) is 3.13. The van der Waals surface area contributed by atoms with Crippen molar-refractivity contribution in [2.24, 2.45) is 0 Å². The summed E-state index contributed by atoms with van der Waals surface area (Å²) in [5.41, 5.74) is 1.59. The first-order chi connectivity index (χ1) is 9.08. The lowest BCUT2D eigenvalue weighted by Crippen LogP contribution is -2.25. The molecule has 19 heavy (non-hydrogen) atoms. The Balaban J connectivity index is 1.90. The molecule has 0 saturated heterocycles. The number of aryl methyl sites for hydroxylation is 1. The zero-order valence-electron chi connectivity index (χ0n) is 10.1. The second-order valence-electron chi connectivity index (χ2n) is 3.93. The molecular formula is C12H11Cl2N3OS. The predicted molar refractivity (Wildman–Crippen MR) is 77.1 cm³/mol. The summed E-state index contributed by atoms with van der Waals surface area (Å²) in [5.74, 6) is -0.155.